The first-order chi connectivity index (χ1) is 18.6. The number of nitrogens with zero attached hydrogens (tertiary/aromatic N) is 4. The molecule has 0 saturated heterocycles. The number of ether oxygens (including phenoxy) is 2. The molecule has 2 heterocycles. The van der Waals surface area contributed by atoms with E-state index >= 15 is 0 Å². The van der Waals surface area contributed by atoms with Crippen molar-refractivity contribution in [3.05, 3.63) is 126 Å². The van der Waals surface area contributed by atoms with Crippen molar-refractivity contribution in [3.8, 4) is 0 Å². The zero-order chi connectivity index (χ0) is 27.0. The highest BCUT2D eigenvalue weighted by Gasteiger charge is 2.19. The number of hydrogen-bond donors (Lipinski definition) is 0. The first-order valence-corrected chi connectivity index (χ1v) is 12.3. The number of aromatic nitrogens is 4. The number of benzene rings is 2. The third kappa shape index (κ3) is 9.92. The van der Waals surface area contributed by atoms with Crippen LogP contribution < -0.4 is 0 Å². The van der Waals surface area contributed by atoms with Crippen LogP contribution in [0.15, 0.2) is 104 Å². The number of hydrogen-bond acceptors (Lipinski definition) is 8. The standard InChI is InChI=1S/C15H16N2O2.C15H14N2O2.CH4/c2*1-2-19-15(18)10-14(12-6-4-3-5-7-12)13-8-9-16-17-11-13;/h3-9,11,14H,2,10H2,1H3;3-11H,2H2,1H3;1H4/b;14-10+;. The molecule has 0 aliphatic heterocycles. The van der Waals surface area contributed by atoms with Gasteiger partial charge in [-0.05, 0) is 48.2 Å². The molecule has 0 aliphatic rings. The predicted octanol–water partition coefficient (Wildman–Crippen LogP) is 5.67. The highest BCUT2D eigenvalue weighted by molar-refractivity contribution is 5.96. The van der Waals surface area contributed by atoms with Gasteiger partial charge in [-0.25, -0.2) is 4.79 Å². The van der Waals surface area contributed by atoms with Gasteiger partial charge in [0.15, 0.2) is 0 Å². The van der Waals surface area contributed by atoms with E-state index in [9.17, 15) is 9.59 Å². The molecule has 0 radical (unpaired) electrons. The smallest absolute Gasteiger partial charge is 0.331 e. The van der Waals surface area contributed by atoms with Gasteiger partial charge in [-0.1, -0.05) is 68.1 Å². The molecular weight excluding hydrogens is 492 g/mol. The summed E-state index contributed by atoms with van der Waals surface area (Å²) in [6, 6.07) is 23.2. The van der Waals surface area contributed by atoms with Crippen molar-refractivity contribution in [1.29, 1.82) is 0 Å². The molecule has 0 bridgehead atoms. The molecule has 0 N–H and O–H groups in total. The Morgan fingerprint density at radius 1 is 0.718 bits per heavy atom. The molecule has 0 amide bonds. The number of carbonyl (C=O) groups excluding carboxylic acids is 2. The SMILES string of the molecule is C.CCOC(=O)/C=C(\c1ccccc1)c1ccnnc1.CCOC(=O)CC(c1ccccc1)c1ccnnc1. The first kappa shape index (κ1) is 30.5. The van der Waals surface area contributed by atoms with Crippen LogP contribution >= 0.6 is 0 Å². The Bertz CT molecular complexity index is 1200. The summed E-state index contributed by atoms with van der Waals surface area (Å²) >= 11 is 0. The Balaban J connectivity index is 0.000000267. The van der Waals surface area contributed by atoms with Crippen molar-refractivity contribution in [2.24, 2.45) is 0 Å². The molecule has 2 aromatic heterocycles. The third-order valence-electron chi connectivity index (χ3n) is 5.42. The summed E-state index contributed by atoms with van der Waals surface area (Å²) < 4.78 is 10.0. The third-order valence-corrected chi connectivity index (χ3v) is 5.42. The molecule has 4 aromatic rings. The van der Waals surface area contributed by atoms with Crippen LogP contribution in [0.2, 0.25) is 0 Å². The molecule has 2 aromatic carbocycles. The lowest BCUT2D eigenvalue weighted by Crippen LogP contribution is -2.12. The van der Waals surface area contributed by atoms with Crippen LogP contribution in [0.1, 0.15) is 55.9 Å². The van der Waals surface area contributed by atoms with E-state index in [1.807, 2.05) is 79.7 Å². The molecule has 0 fully saturated rings. The zero-order valence-corrected chi connectivity index (χ0v) is 21.4. The lowest BCUT2D eigenvalue weighted by atomic mass is 9.90. The van der Waals surface area contributed by atoms with Gasteiger partial charge in [-0.2, -0.15) is 20.4 Å². The average molecular weight is 527 g/mol. The van der Waals surface area contributed by atoms with Gasteiger partial charge < -0.3 is 9.47 Å². The highest BCUT2D eigenvalue weighted by atomic mass is 16.5. The summed E-state index contributed by atoms with van der Waals surface area (Å²) in [6.45, 7) is 4.34. The Labute approximate surface area is 229 Å². The molecule has 8 nitrogen and oxygen atoms in total. The van der Waals surface area contributed by atoms with Gasteiger partial charge in [-0.3, -0.25) is 4.79 Å². The molecular formula is C31H34N4O4. The van der Waals surface area contributed by atoms with Crippen LogP contribution in [0.4, 0.5) is 0 Å². The fraction of sp³-hybridized carbons (Fsp3) is 0.226. The molecule has 202 valence electrons. The summed E-state index contributed by atoms with van der Waals surface area (Å²) in [4.78, 5) is 23.4. The van der Waals surface area contributed by atoms with E-state index in [-0.39, 0.29) is 25.3 Å². The van der Waals surface area contributed by atoms with Crippen LogP contribution in [-0.4, -0.2) is 45.5 Å². The van der Waals surface area contributed by atoms with Crippen LogP contribution in [0.3, 0.4) is 0 Å². The summed E-state index contributed by atoms with van der Waals surface area (Å²) in [5.41, 5.74) is 4.57. The Kier molecular flexibility index (Phi) is 13.2. The van der Waals surface area contributed by atoms with E-state index in [1.165, 1.54) is 6.08 Å². The monoisotopic (exact) mass is 526 g/mol. The predicted molar refractivity (Wildman–Crippen MR) is 150 cm³/mol. The number of carbonyl (C=O) groups is 2. The second kappa shape index (κ2) is 16.9. The van der Waals surface area contributed by atoms with Crippen LogP contribution in [0.5, 0.6) is 0 Å². The van der Waals surface area contributed by atoms with Gasteiger partial charge in [-0.15, -0.1) is 0 Å². The lowest BCUT2D eigenvalue weighted by molar-refractivity contribution is -0.143. The van der Waals surface area contributed by atoms with Crippen molar-refractivity contribution in [3.63, 3.8) is 0 Å². The zero-order valence-electron chi connectivity index (χ0n) is 21.4. The van der Waals surface area contributed by atoms with E-state index in [4.69, 9.17) is 9.47 Å². The number of esters is 2. The van der Waals surface area contributed by atoms with Gasteiger partial charge in [0.25, 0.3) is 0 Å². The maximum Gasteiger partial charge on any atom is 0.331 e. The van der Waals surface area contributed by atoms with Crippen molar-refractivity contribution in [2.45, 2.75) is 33.6 Å². The molecule has 0 saturated carbocycles. The van der Waals surface area contributed by atoms with Gasteiger partial charge >= 0.3 is 11.9 Å². The van der Waals surface area contributed by atoms with E-state index in [1.54, 1.807) is 31.7 Å². The highest BCUT2D eigenvalue weighted by Crippen LogP contribution is 2.27. The van der Waals surface area contributed by atoms with E-state index in [2.05, 4.69) is 20.4 Å². The second-order valence-corrected chi connectivity index (χ2v) is 7.96. The Hall–Kier alpha value is -4.72. The minimum absolute atomic E-state index is 0. The maximum absolute atomic E-state index is 11.7. The van der Waals surface area contributed by atoms with Crippen LogP contribution in [0, 0.1) is 0 Å². The van der Waals surface area contributed by atoms with Gasteiger partial charge in [0.05, 0.1) is 38.2 Å². The Morgan fingerprint density at radius 2 is 1.33 bits per heavy atom. The fourth-order valence-corrected chi connectivity index (χ4v) is 3.71. The Morgan fingerprint density at radius 3 is 1.90 bits per heavy atom. The van der Waals surface area contributed by atoms with E-state index < -0.39 is 0 Å². The quantitative estimate of drug-likeness (QED) is 0.203. The van der Waals surface area contributed by atoms with Crippen molar-refractivity contribution < 1.29 is 19.1 Å². The van der Waals surface area contributed by atoms with Crippen molar-refractivity contribution >= 4 is 17.5 Å². The minimum Gasteiger partial charge on any atom is -0.466 e. The molecule has 39 heavy (non-hydrogen) atoms. The van der Waals surface area contributed by atoms with Crippen LogP contribution in [-0.2, 0) is 19.1 Å². The summed E-state index contributed by atoms with van der Waals surface area (Å²) in [5, 5.41) is 15.2. The van der Waals surface area contributed by atoms with Crippen LogP contribution in [0.25, 0.3) is 5.57 Å². The molecule has 4 rings (SSSR count). The normalized spacial score (nSPS) is 11.2. The fourth-order valence-electron chi connectivity index (χ4n) is 3.71. The summed E-state index contributed by atoms with van der Waals surface area (Å²) in [7, 11) is 0. The van der Waals surface area contributed by atoms with Gasteiger partial charge in [0.1, 0.15) is 0 Å². The minimum atomic E-state index is -0.363. The van der Waals surface area contributed by atoms with E-state index in [0.29, 0.717) is 19.6 Å². The maximum atomic E-state index is 11.7. The number of rotatable bonds is 9. The first-order valence-electron chi connectivity index (χ1n) is 12.3. The van der Waals surface area contributed by atoms with Gasteiger partial charge in [0.2, 0.25) is 0 Å². The molecule has 0 aliphatic carbocycles. The largest absolute Gasteiger partial charge is 0.466 e. The molecule has 1 unspecified atom stereocenters. The lowest BCUT2D eigenvalue weighted by Gasteiger charge is -2.16. The average Bonchev–Trinajstić information content (AvgIpc) is 2.97. The molecule has 1 atom stereocenters. The summed E-state index contributed by atoms with van der Waals surface area (Å²) in [5.74, 6) is -0.609. The van der Waals surface area contributed by atoms with Crippen molar-refractivity contribution in [1.82, 2.24) is 20.4 Å². The molecule has 8 heteroatoms. The van der Waals surface area contributed by atoms with Crippen molar-refractivity contribution in [2.75, 3.05) is 13.2 Å². The van der Waals surface area contributed by atoms with E-state index in [0.717, 1.165) is 27.8 Å². The topological polar surface area (TPSA) is 104 Å². The van der Waals surface area contributed by atoms with Gasteiger partial charge in [0, 0.05) is 23.8 Å². The molecule has 0 spiro atoms. The second-order valence-electron chi connectivity index (χ2n) is 7.96. The summed E-state index contributed by atoms with van der Waals surface area (Å²) in [6.07, 6.45) is 8.34.